The second-order valence-corrected chi connectivity index (χ2v) is 6.57. The molecule has 4 heteroatoms. The first-order valence-corrected chi connectivity index (χ1v) is 8.80. The van der Waals surface area contributed by atoms with Crippen LogP contribution in [0.5, 0.6) is 0 Å². The predicted molar refractivity (Wildman–Crippen MR) is 100 cm³/mol. The van der Waals surface area contributed by atoms with Gasteiger partial charge < -0.3 is 4.98 Å². The fourth-order valence-electron chi connectivity index (χ4n) is 3.86. The van der Waals surface area contributed by atoms with Crippen molar-refractivity contribution in [1.29, 1.82) is 0 Å². The highest BCUT2D eigenvalue weighted by Crippen LogP contribution is 2.37. The van der Waals surface area contributed by atoms with E-state index in [0.29, 0.717) is 0 Å². The van der Waals surface area contributed by atoms with E-state index in [2.05, 4.69) is 74.0 Å². The maximum absolute atomic E-state index is 4.67. The van der Waals surface area contributed by atoms with Gasteiger partial charge in [-0.05, 0) is 45.0 Å². The SMILES string of the molecule is CCN(CC)C(c1c(C)nn(C)c1C)c1c[nH]c2c(C)cccc12. The zero-order valence-electron chi connectivity index (χ0n) is 15.6. The topological polar surface area (TPSA) is 36.9 Å². The van der Waals surface area contributed by atoms with Gasteiger partial charge in [-0.15, -0.1) is 0 Å². The second-order valence-electron chi connectivity index (χ2n) is 6.57. The van der Waals surface area contributed by atoms with Gasteiger partial charge in [-0.2, -0.15) is 5.10 Å². The van der Waals surface area contributed by atoms with Crippen molar-refractivity contribution < 1.29 is 0 Å². The summed E-state index contributed by atoms with van der Waals surface area (Å²) in [6.07, 6.45) is 2.19. The first-order valence-electron chi connectivity index (χ1n) is 8.80. The summed E-state index contributed by atoms with van der Waals surface area (Å²) in [6, 6.07) is 6.77. The molecule has 3 aromatic rings. The van der Waals surface area contributed by atoms with Crippen molar-refractivity contribution in [1.82, 2.24) is 19.7 Å². The number of para-hydroxylation sites is 1. The summed E-state index contributed by atoms with van der Waals surface area (Å²) in [6.45, 7) is 12.9. The number of H-pyrrole nitrogens is 1. The smallest absolute Gasteiger partial charge is 0.0659 e. The van der Waals surface area contributed by atoms with Crippen molar-refractivity contribution in [3.05, 3.63) is 52.5 Å². The van der Waals surface area contributed by atoms with Gasteiger partial charge in [0.1, 0.15) is 0 Å². The molecular formula is C20H28N4. The minimum atomic E-state index is 0.226. The molecule has 0 amide bonds. The Bertz CT molecular complexity index is 852. The van der Waals surface area contributed by atoms with Crippen LogP contribution in [0.3, 0.4) is 0 Å². The van der Waals surface area contributed by atoms with Crippen LogP contribution >= 0.6 is 0 Å². The van der Waals surface area contributed by atoms with E-state index in [1.165, 1.54) is 33.3 Å². The van der Waals surface area contributed by atoms with Gasteiger partial charge in [0.25, 0.3) is 0 Å². The Kier molecular flexibility index (Phi) is 4.50. The van der Waals surface area contributed by atoms with Crippen LogP contribution in [0.2, 0.25) is 0 Å². The Morgan fingerprint density at radius 1 is 1.17 bits per heavy atom. The van der Waals surface area contributed by atoms with Crippen molar-refractivity contribution in [3.8, 4) is 0 Å². The number of benzene rings is 1. The number of nitrogens with one attached hydrogen (secondary N) is 1. The molecule has 0 spiro atoms. The van der Waals surface area contributed by atoms with E-state index in [9.17, 15) is 0 Å². The van der Waals surface area contributed by atoms with Gasteiger partial charge in [0.05, 0.1) is 11.7 Å². The molecule has 1 unspecified atom stereocenters. The molecule has 0 bridgehead atoms. The lowest BCUT2D eigenvalue weighted by Crippen LogP contribution is -2.30. The molecule has 1 N–H and O–H groups in total. The first-order chi connectivity index (χ1) is 11.5. The van der Waals surface area contributed by atoms with Gasteiger partial charge >= 0.3 is 0 Å². The van der Waals surface area contributed by atoms with E-state index in [1.807, 2.05) is 11.7 Å². The normalized spacial score (nSPS) is 13.1. The molecule has 1 atom stereocenters. The Labute approximate surface area is 144 Å². The monoisotopic (exact) mass is 324 g/mol. The highest BCUT2D eigenvalue weighted by atomic mass is 15.3. The summed E-state index contributed by atoms with van der Waals surface area (Å²) in [4.78, 5) is 6.02. The summed E-state index contributed by atoms with van der Waals surface area (Å²) in [5.74, 6) is 0. The van der Waals surface area contributed by atoms with E-state index in [1.54, 1.807) is 0 Å². The first kappa shape index (κ1) is 16.8. The van der Waals surface area contributed by atoms with Crippen molar-refractivity contribution >= 4 is 10.9 Å². The standard InChI is InChI=1S/C20H28N4/c1-7-24(8-2)20(18-14(4)22-23(6)15(18)5)17-12-21-19-13(3)10-9-11-16(17)19/h9-12,20-21H,7-8H2,1-6H3. The van der Waals surface area contributed by atoms with Gasteiger partial charge in [-0.25, -0.2) is 0 Å². The van der Waals surface area contributed by atoms with Crippen LogP contribution in [-0.2, 0) is 7.05 Å². The fraction of sp³-hybridized carbons (Fsp3) is 0.450. The van der Waals surface area contributed by atoms with Gasteiger partial charge in [0.15, 0.2) is 0 Å². The van der Waals surface area contributed by atoms with E-state index in [0.717, 1.165) is 18.8 Å². The quantitative estimate of drug-likeness (QED) is 0.761. The zero-order chi connectivity index (χ0) is 17.4. The average Bonchev–Trinajstić information content (AvgIpc) is 3.09. The molecule has 2 heterocycles. The van der Waals surface area contributed by atoms with E-state index >= 15 is 0 Å². The Morgan fingerprint density at radius 2 is 1.88 bits per heavy atom. The number of hydrogen-bond donors (Lipinski definition) is 1. The molecule has 1 aromatic carbocycles. The average molecular weight is 324 g/mol. The van der Waals surface area contributed by atoms with Crippen LogP contribution in [0, 0.1) is 20.8 Å². The third-order valence-corrected chi connectivity index (χ3v) is 5.27. The van der Waals surface area contributed by atoms with Crippen LogP contribution in [0.15, 0.2) is 24.4 Å². The van der Waals surface area contributed by atoms with Crippen molar-refractivity contribution in [2.45, 2.75) is 40.7 Å². The van der Waals surface area contributed by atoms with Crippen LogP contribution in [0.25, 0.3) is 10.9 Å². The summed E-state index contributed by atoms with van der Waals surface area (Å²) < 4.78 is 2.00. The maximum atomic E-state index is 4.67. The molecule has 128 valence electrons. The number of aromatic nitrogens is 3. The molecule has 2 aromatic heterocycles. The second kappa shape index (κ2) is 6.44. The molecule has 0 saturated heterocycles. The van der Waals surface area contributed by atoms with Gasteiger partial charge in [0, 0.05) is 35.4 Å². The highest BCUT2D eigenvalue weighted by Gasteiger charge is 2.28. The molecular weight excluding hydrogens is 296 g/mol. The van der Waals surface area contributed by atoms with Crippen molar-refractivity contribution in [3.63, 3.8) is 0 Å². The molecule has 3 rings (SSSR count). The number of hydrogen-bond acceptors (Lipinski definition) is 2. The summed E-state index contributed by atoms with van der Waals surface area (Å²) >= 11 is 0. The fourth-order valence-corrected chi connectivity index (χ4v) is 3.86. The van der Waals surface area contributed by atoms with Crippen molar-refractivity contribution in [2.24, 2.45) is 7.05 Å². The van der Waals surface area contributed by atoms with Gasteiger partial charge in [-0.3, -0.25) is 9.58 Å². The largest absolute Gasteiger partial charge is 0.361 e. The molecule has 0 fully saturated rings. The van der Waals surface area contributed by atoms with Crippen LogP contribution in [-0.4, -0.2) is 32.8 Å². The lowest BCUT2D eigenvalue weighted by Gasteiger charge is -2.30. The van der Waals surface area contributed by atoms with E-state index in [-0.39, 0.29) is 6.04 Å². The van der Waals surface area contributed by atoms with Gasteiger partial charge in [-0.1, -0.05) is 32.0 Å². The van der Waals surface area contributed by atoms with Crippen LogP contribution in [0.4, 0.5) is 0 Å². The molecule has 0 aliphatic rings. The van der Waals surface area contributed by atoms with E-state index < -0.39 is 0 Å². The Morgan fingerprint density at radius 3 is 2.46 bits per heavy atom. The maximum Gasteiger partial charge on any atom is 0.0659 e. The van der Waals surface area contributed by atoms with Crippen molar-refractivity contribution in [2.75, 3.05) is 13.1 Å². The minimum absolute atomic E-state index is 0.226. The lowest BCUT2D eigenvalue weighted by atomic mass is 9.94. The Balaban J connectivity index is 2.27. The molecule has 4 nitrogen and oxygen atoms in total. The third-order valence-electron chi connectivity index (χ3n) is 5.27. The number of aryl methyl sites for hydroxylation is 3. The summed E-state index contributed by atoms with van der Waals surface area (Å²) in [7, 11) is 2.03. The number of aromatic amines is 1. The molecule has 0 aliphatic carbocycles. The molecule has 24 heavy (non-hydrogen) atoms. The minimum Gasteiger partial charge on any atom is -0.361 e. The molecule has 0 radical (unpaired) electrons. The number of nitrogens with zero attached hydrogens (tertiary/aromatic N) is 3. The highest BCUT2D eigenvalue weighted by molar-refractivity contribution is 5.86. The third kappa shape index (κ3) is 2.55. The predicted octanol–water partition coefficient (Wildman–Crippen LogP) is 4.26. The number of fused-ring (bicyclic) bond motifs is 1. The zero-order valence-corrected chi connectivity index (χ0v) is 15.6. The molecule has 0 saturated carbocycles. The lowest BCUT2D eigenvalue weighted by molar-refractivity contribution is 0.250. The Hall–Kier alpha value is -2.07. The summed E-state index contributed by atoms with van der Waals surface area (Å²) in [5.41, 5.74) is 7.57. The van der Waals surface area contributed by atoms with Gasteiger partial charge in [0.2, 0.25) is 0 Å². The van der Waals surface area contributed by atoms with Crippen LogP contribution < -0.4 is 0 Å². The summed E-state index contributed by atoms with van der Waals surface area (Å²) in [5, 5.41) is 5.98. The van der Waals surface area contributed by atoms with Crippen LogP contribution in [0.1, 0.15) is 48.0 Å². The molecule has 0 aliphatic heterocycles. The van der Waals surface area contributed by atoms with E-state index in [4.69, 9.17) is 0 Å². The number of rotatable bonds is 5.